The van der Waals surface area contributed by atoms with E-state index in [0.717, 1.165) is 55.6 Å². The number of ether oxygens (including phenoxy) is 3. The van der Waals surface area contributed by atoms with E-state index >= 15 is 0 Å². The van der Waals surface area contributed by atoms with Crippen molar-refractivity contribution < 1.29 is 19.0 Å². The maximum absolute atomic E-state index is 12.0. The van der Waals surface area contributed by atoms with Crippen LogP contribution in [0, 0.1) is 0 Å². The SMILES string of the molecule is CN=C(NCc1cc2c(cc1OC)CC(C)O2)N1CCN(CC(=O)NCCOC)CC1.I. The Morgan fingerprint density at radius 2 is 1.97 bits per heavy atom. The molecule has 1 aromatic rings. The summed E-state index contributed by atoms with van der Waals surface area (Å²) < 4.78 is 16.5. The minimum Gasteiger partial charge on any atom is -0.496 e. The summed E-state index contributed by atoms with van der Waals surface area (Å²) in [6.45, 7) is 7.41. The lowest BCUT2D eigenvalue weighted by molar-refractivity contribution is -0.122. The number of amides is 1. The van der Waals surface area contributed by atoms with Gasteiger partial charge in [-0.15, -0.1) is 24.0 Å². The van der Waals surface area contributed by atoms with E-state index in [-0.39, 0.29) is 36.0 Å². The van der Waals surface area contributed by atoms with Crippen molar-refractivity contribution in [3.05, 3.63) is 23.3 Å². The van der Waals surface area contributed by atoms with Crippen LogP contribution in [0.25, 0.3) is 0 Å². The smallest absolute Gasteiger partial charge is 0.234 e. The number of nitrogens with one attached hydrogen (secondary N) is 2. The van der Waals surface area contributed by atoms with Crippen LogP contribution in [0.1, 0.15) is 18.1 Å². The highest BCUT2D eigenvalue weighted by atomic mass is 127. The van der Waals surface area contributed by atoms with Gasteiger partial charge in [-0.2, -0.15) is 0 Å². The topological polar surface area (TPSA) is 87.7 Å². The van der Waals surface area contributed by atoms with Crippen molar-refractivity contribution in [2.75, 3.05) is 67.1 Å². The predicted octanol–water partition coefficient (Wildman–Crippen LogP) is 1.09. The first-order valence-corrected chi connectivity index (χ1v) is 10.8. The Kier molecular flexibility index (Phi) is 10.8. The van der Waals surface area contributed by atoms with Crippen molar-refractivity contribution in [2.24, 2.45) is 4.99 Å². The number of benzene rings is 1. The van der Waals surface area contributed by atoms with E-state index in [0.29, 0.717) is 26.2 Å². The molecular weight excluding hydrogens is 525 g/mol. The van der Waals surface area contributed by atoms with E-state index in [1.165, 1.54) is 5.56 Å². The van der Waals surface area contributed by atoms with E-state index in [1.54, 1.807) is 21.3 Å². The summed E-state index contributed by atoms with van der Waals surface area (Å²) in [6, 6.07) is 4.15. The van der Waals surface area contributed by atoms with Gasteiger partial charge in [-0.05, 0) is 19.1 Å². The molecule has 2 N–H and O–H groups in total. The highest BCUT2D eigenvalue weighted by Gasteiger charge is 2.23. The van der Waals surface area contributed by atoms with Crippen molar-refractivity contribution in [3.8, 4) is 11.5 Å². The second-order valence-electron chi connectivity index (χ2n) is 7.91. The van der Waals surface area contributed by atoms with Gasteiger partial charge in [0.1, 0.15) is 17.6 Å². The number of carbonyl (C=O) groups excluding carboxylic acids is 1. The summed E-state index contributed by atoms with van der Waals surface area (Å²) in [6.07, 6.45) is 1.12. The average molecular weight is 561 g/mol. The van der Waals surface area contributed by atoms with E-state index in [2.05, 4.69) is 44.5 Å². The maximum Gasteiger partial charge on any atom is 0.234 e. The molecule has 2 aliphatic heterocycles. The lowest BCUT2D eigenvalue weighted by Gasteiger charge is -2.36. The van der Waals surface area contributed by atoms with Gasteiger partial charge in [0, 0.05) is 71.0 Å². The van der Waals surface area contributed by atoms with Crippen LogP contribution in [0.5, 0.6) is 11.5 Å². The Morgan fingerprint density at radius 3 is 2.62 bits per heavy atom. The molecular formula is C22H36IN5O4. The number of halogens is 1. The van der Waals surface area contributed by atoms with E-state index < -0.39 is 0 Å². The molecule has 1 fully saturated rings. The van der Waals surface area contributed by atoms with E-state index in [4.69, 9.17) is 14.2 Å². The molecule has 180 valence electrons. The van der Waals surface area contributed by atoms with Gasteiger partial charge in [-0.1, -0.05) is 0 Å². The highest BCUT2D eigenvalue weighted by molar-refractivity contribution is 14.0. The van der Waals surface area contributed by atoms with Crippen LogP contribution in [0.4, 0.5) is 0 Å². The first-order valence-electron chi connectivity index (χ1n) is 10.8. The summed E-state index contributed by atoms with van der Waals surface area (Å²) in [5.41, 5.74) is 2.24. The molecule has 0 bridgehead atoms. The van der Waals surface area contributed by atoms with Crippen molar-refractivity contribution >= 4 is 35.8 Å². The Morgan fingerprint density at radius 1 is 1.22 bits per heavy atom. The number of guanidine groups is 1. The fraction of sp³-hybridized carbons (Fsp3) is 0.636. The zero-order valence-corrected chi connectivity index (χ0v) is 21.8. The molecule has 0 radical (unpaired) electrons. The molecule has 0 aliphatic carbocycles. The van der Waals surface area contributed by atoms with Gasteiger partial charge in [-0.25, -0.2) is 0 Å². The summed E-state index contributed by atoms with van der Waals surface area (Å²) in [7, 11) is 5.12. The number of rotatable bonds is 8. The number of hydrogen-bond acceptors (Lipinski definition) is 6. The van der Waals surface area contributed by atoms with Crippen LogP contribution in [0.3, 0.4) is 0 Å². The molecule has 1 unspecified atom stereocenters. The molecule has 1 aromatic carbocycles. The normalized spacial score (nSPS) is 18.4. The number of piperazine rings is 1. The summed E-state index contributed by atoms with van der Waals surface area (Å²) >= 11 is 0. The van der Waals surface area contributed by atoms with Gasteiger partial charge >= 0.3 is 0 Å². The molecule has 1 amide bonds. The first-order chi connectivity index (χ1) is 15.0. The van der Waals surface area contributed by atoms with E-state index in [9.17, 15) is 4.79 Å². The maximum atomic E-state index is 12.0. The van der Waals surface area contributed by atoms with Crippen molar-refractivity contribution in [2.45, 2.75) is 26.0 Å². The Labute approximate surface area is 207 Å². The van der Waals surface area contributed by atoms with Crippen LogP contribution in [0.2, 0.25) is 0 Å². The molecule has 10 heteroatoms. The summed E-state index contributed by atoms with van der Waals surface area (Å²) in [5.74, 6) is 2.69. The van der Waals surface area contributed by atoms with Crippen molar-refractivity contribution in [1.82, 2.24) is 20.4 Å². The zero-order chi connectivity index (χ0) is 22.2. The van der Waals surface area contributed by atoms with Crippen molar-refractivity contribution in [1.29, 1.82) is 0 Å². The summed E-state index contributed by atoms with van der Waals surface area (Å²) in [5, 5.41) is 6.32. The van der Waals surface area contributed by atoms with Crippen LogP contribution in [-0.4, -0.2) is 94.9 Å². The molecule has 0 saturated carbocycles. The molecule has 1 saturated heterocycles. The fourth-order valence-corrected chi connectivity index (χ4v) is 3.99. The number of aliphatic imine (C=N–C) groups is 1. The average Bonchev–Trinajstić information content (AvgIpc) is 3.13. The van der Waals surface area contributed by atoms with Gasteiger partial charge in [0.05, 0.1) is 20.3 Å². The predicted molar refractivity (Wildman–Crippen MR) is 135 cm³/mol. The van der Waals surface area contributed by atoms with Crippen LogP contribution in [-0.2, 0) is 22.5 Å². The van der Waals surface area contributed by atoms with Gasteiger partial charge in [0.2, 0.25) is 5.91 Å². The Bertz CT molecular complexity index is 784. The molecule has 3 rings (SSSR count). The van der Waals surface area contributed by atoms with Crippen LogP contribution < -0.4 is 20.1 Å². The fourth-order valence-electron chi connectivity index (χ4n) is 3.99. The molecule has 9 nitrogen and oxygen atoms in total. The van der Waals surface area contributed by atoms with Gasteiger partial charge in [0.25, 0.3) is 0 Å². The van der Waals surface area contributed by atoms with Gasteiger partial charge in [-0.3, -0.25) is 14.7 Å². The molecule has 1 atom stereocenters. The zero-order valence-electron chi connectivity index (χ0n) is 19.5. The lowest BCUT2D eigenvalue weighted by Crippen LogP contribution is -2.54. The second-order valence-corrected chi connectivity index (χ2v) is 7.91. The molecule has 2 heterocycles. The number of hydrogen-bond donors (Lipinski definition) is 2. The quantitative estimate of drug-likeness (QED) is 0.213. The number of carbonyl (C=O) groups is 1. The van der Waals surface area contributed by atoms with Gasteiger partial charge < -0.3 is 29.7 Å². The number of methoxy groups -OCH3 is 2. The highest BCUT2D eigenvalue weighted by Crippen LogP contribution is 2.34. The monoisotopic (exact) mass is 561 g/mol. The third kappa shape index (κ3) is 7.11. The van der Waals surface area contributed by atoms with Gasteiger partial charge in [0.15, 0.2) is 5.96 Å². The third-order valence-electron chi connectivity index (χ3n) is 5.62. The number of nitrogens with zero attached hydrogens (tertiary/aromatic N) is 3. The summed E-state index contributed by atoms with van der Waals surface area (Å²) in [4.78, 5) is 20.8. The lowest BCUT2D eigenvalue weighted by atomic mass is 10.1. The van der Waals surface area contributed by atoms with E-state index in [1.807, 2.05) is 0 Å². The largest absolute Gasteiger partial charge is 0.496 e. The second kappa shape index (κ2) is 13.0. The molecule has 0 aromatic heterocycles. The standard InChI is InChI=1S/C22H35N5O4.HI/c1-16-11-17-12-19(30-4)18(13-20(17)31-16)14-25-22(23-2)27-8-6-26(7-9-27)15-21(28)24-5-10-29-3;/h12-13,16H,5-11,14-15H2,1-4H3,(H,23,25)(H,24,28);1H. The Hall–Kier alpha value is -1.79. The first kappa shape index (κ1) is 26.5. The molecule has 32 heavy (non-hydrogen) atoms. The minimum atomic E-state index is 0. The number of fused-ring (bicyclic) bond motifs is 1. The molecule has 2 aliphatic rings. The third-order valence-corrected chi connectivity index (χ3v) is 5.62. The van der Waals surface area contributed by atoms with Crippen LogP contribution in [0.15, 0.2) is 17.1 Å². The Balaban J connectivity index is 0.00000363. The minimum absolute atomic E-state index is 0. The molecule has 0 spiro atoms. The van der Waals surface area contributed by atoms with Crippen molar-refractivity contribution in [3.63, 3.8) is 0 Å². The van der Waals surface area contributed by atoms with Crippen LogP contribution >= 0.6 is 24.0 Å².